The van der Waals surface area contributed by atoms with Crippen LogP contribution in [0.1, 0.15) is 0 Å². The summed E-state index contributed by atoms with van der Waals surface area (Å²) in [5.41, 5.74) is 9.36. The summed E-state index contributed by atoms with van der Waals surface area (Å²) in [6.45, 7) is 0. The van der Waals surface area contributed by atoms with Gasteiger partial charge in [-0.15, -0.1) is 0 Å². The van der Waals surface area contributed by atoms with E-state index in [9.17, 15) is 0 Å². The van der Waals surface area contributed by atoms with Gasteiger partial charge in [-0.2, -0.15) is 0 Å². The molecule has 0 saturated carbocycles. The summed E-state index contributed by atoms with van der Waals surface area (Å²) in [6.07, 6.45) is 0. The molecule has 4 aromatic heterocycles. The summed E-state index contributed by atoms with van der Waals surface area (Å²) in [5.74, 6) is 2.03. The van der Waals surface area contributed by atoms with E-state index in [2.05, 4.69) is 83.4 Å². The highest BCUT2D eigenvalue weighted by Crippen LogP contribution is 2.38. The second kappa shape index (κ2) is 11.6. The predicted molar refractivity (Wildman–Crippen MR) is 211 cm³/mol. The zero-order valence-corrected chi connectivity index (χ0v) is 28.1. The van der Waals surface area contributed by atoms with Crippen molar-refractivity contribution in [3.63, 3.8) is 0 Å². The molecular formula is C46H27N5O2. The quantitative estimate of drug-likeness (QED) is 0.180. The molecule has 0 aliphatic rings. The van der Waals surface area contributed by atoms with Gasteiger partial charge in [0.2, 0.25) is 5.89 Å². The Morgan fingerprint density at radius 3 is 1.75 bits per heavy atom. The second-order valence-corrected chi connectivity index (χ2v) is 13.0. The van der Waals surface area contributed by atoms with E-state index in [0.29, 0.717) is 28.9 Å². The molecule has 0 atom stereocenters. The number of hydrogen-bond acceptors (Lipinski definition) is 6. The number of hydrogen-bond donors (Lipinski definition) is 0. The van der Waals surface area contributed by atoms with Gasteiger partial charge >= 0.3 is 0 Å². The van der Waals surface area contributed by atoms with Gasteiger partial charge in [-0.1, -0.05) is 103 Å². The van der Waals surface area contributed by atoms with Crippen LogP contribution in [0.3, 0.4) is 0 Å². The van der Waals surface area contributed by atoms with E-state index in [1.807, 2.05) is 84.9 Å². The predicted octanol–water partition coefficient (Wildman–Crippen LogP) is 11.7. The summed E-state index contributed by atoms with van der Waals surface area (Å²) in [5, 5.41) is 4.44. The molecule has 0 saturated heterocycles. The first kappa shape index (κ1) is 29.4. The molecule has 7 aromatic carbocycles. The van der Waals surface area contributed by atoms with Crippen molar-refractivity contribution in [1.82, 2.24) is 24.5 Å². The van der Waals surface area contributed by atoms with Gasteiger partial charge in [0, 0.05) is 38.4 Å². The topological polar surface area (TPSA) is 82.8 Å². The molecule has 0 aliphatic carbocycles. The number of aromatic nitrogens is 5. The van der Waals surface area contributed by atoms with E-state index in [4.69, 9.17) is 28.8 Å². The van der Waals surface area contributed by atoms with E-state index >= 15 is 0 Å². The lowest BCUT2D eigenvalue weighted by Gasteiger charge is -2.11. The van der Waals surface area contributed by atoms with Crippen LogP contribution in [-0.2, 0) is 0 Å². The van der Waals surface area contributed by atoms with Crippen molar-refractivity contribution in [1.29, 1.82) is 0 Å². The normalized spacial score (nSPS) is 11.8. The number of fused-ring (bicyclic) bond motifs is 7. The average Bonchev–Trinajstić information content (AvgIpc) is 3.93. The zero-order valence-electron chi connectivity index (χ0n) is 28.1. The largest absolute Gasteiger partial charge is 0.455 e. The highest BCUT2D eigenvalue weighted by Gasteiger charge is 2.21. The van der Waals surface area contributed by atoms with Crippen molar-refractivity contribution < 1.29 is 8.83 Å². The van der Waals surface area contributed by atoms with E-state index in [1.54, 1.807) is 0 Å². The van der Waals surface area contributed by atoms with Gasteiger partial charge in [-0.25, -0.2) is 19.9 Å². The van der Waals surface area contributed by atoms with Crippen molar-refractivity contribution in [2.75, 3.05) is 0 Å². The molecule has 11 rings (SSSR count). The fraction of sp³-hybridized carbons (Fsp3) is 0. The lowest BCUT2D eigenvalue weighted by molar-refractivity contribution is 0.620. The molecule has 7 heteroatoms. The molecular weight excluding hydrogens is 655 g/mol. The first-order valence-electron chi connectivity index (χ1n) is 17.5. The van der Waals surface area contributed by atoms with Crippen LogP contribution in [0.15, 0.2) is 173 Å². The van der Waals surface area contributed by atoms with Gasteiger partial charge in [0.1, 0.15) is 16.7 Å². The van der Waals surface area contributed by atoms with Gasteiger partial charge in [0.05, 0.1) is 22.2 Å². The molecule has 0 fully saturated rings. The molecule has 53 heavy (non-hydrogen) atoms. The maximum Gasteiger partial charge on any atom is 0.227 e. The van der Waals surface area contributed by atoms with E-state index < -0.39 is 0 Å². The second-order valence-electron chi connectivity index (χ2n) is 13.0. The molecule has 248 valence electrons. The standard InChI is InChI=1S/C46H27N5O2/c1-2-13-28(14-3-1)46-47-37-23-12-22-36(42(37)53-46)45-49-43(48-44(50-45)35-21-11-20-34-33-19-6-9-26-40(33)52-41(34)35)29-15-10-16-30(27-29)51-38-24-7-4-17-31(38)32-18-5-8-25-39(32)51/h1-27H. The van der Waals surface area contributed by atoms with Gasteiger partial charge in [0.25, 0.3) is 0 Å². The molecule has 11 aromatic rings. The molecule has 0 spiro atoms. The summed E-state index contributed by atoms with van der Waals surface area (Å²) in [4.78, 5) is 20.3. The number of rotatable bonds is 5. The Bertz CT molecular complexity index is 3140. The summed E-state index contributed by atoms with van der Waals surface area (Å²) in [6, 6.07) is 55.3. The molecule has 4 heterocycles. The SMILES string of the molecule is c1ccc(-c2nc3cccc(-c4nc(-c5cccc(-n6c7ccccc7c7ccccc76)c5)nc(-c5cccc6c5oc5ccccc56)n4)c3o2)cc1. The number of nitrogens with zero attached hydrogens (tertiary/aromatic N) is 5. The minimum absolute atomic E-state index is 0.474. The van der Waals surface area contributed by atoms with Crippen LogP contribution in [0, 0.1) is 0 Å². The van der Waals surface area contributed by atoms with Gasteiger partial charge in [-0.05, 0) is 60.7 Å². The van der Waals surface area contributed by atoms with Crippen LogP contribution in [0.4, 0.5) is 0 Å². The lowest BCUT2D eigenvalue weighted by atomic mass is 10.1. The fourth-order valence-electron chi connectivity index (χ4n) is 7.48. The first-order valence-corrected chi connectivity index (χ1v) is 17.5. The smallest absolute Gasteiger partial charge is 0.227 e. The monoisotopic (exact) mass is 681 g/mol. The Labute approximate surface area is 302 Å². The van der Waals surface area contributed by atoms with Gasteiger partial charge in [0.15, 0.2) is 23.1 Å². The molecule has 0 aliphatic heterocycles. The molecule has 0 N–H and O–H groups in total. The minimum atomic E-state index is 0.474. The molecule has 0 bridgehead atoms. The molecule has 0 unspecified atom stereocenters. The third-order valence-corrected chi connectivity index (χ3v) is 9.90. The zero-order chi connectivity index (χ0) is 34.9. The van der Waals surface area contributed by atoms with Crippen LogP contribution in [0.5, 0.6) is 0 Å². The van der Waals surface area contributed by atoms with Crippen LogP contribution >= 0.6 is 0 Å². The lowest BCUT2D eigenvalue weighted by Crippen LogP contribution is -2.01. The molecule has 0 radical (unpaired) electrons. The van der Waals surface area contributed by atoms with E-state index in [-0.39, 0.29) is 0 Å². The number of para-hydroxylation sites is 5. The van der Waals surface area contributed by atoms with Crippen LogP contribution in [-0.4, -0.2) is 24.5 Å². The highest BCUT2D eigenvalue weighted by atomic mass is 16.3. The molecule has 7 nitrogen and oxygen atoms in total. The van der Waals surface area contributed by atoms with Gasteiger partial charge < -0.3 is 13.4 Å². The van der Waals surface area contributed by atoms with Crippen molar-refractivity contribution in [3.8, 4) is 51.3 Å². The third-order valence-electron chi connectivity index (χ3n) is 9.90. The summed E-state index contributed by atoms with van der Waals surface area (Å²) >= 11 is 0. The number of furan rings is 1. The van der Waals surface area contributed by atoms with Crippen molar-refractivity contribution in [2.24, 2.45) is 0 Å². The maximum absolute atomic E-state index is 6.47. The summed E-state index contributed by atoms with van der Waals surface area (Å²) in [7, 11) is 0. The van der Waals surface area contributed by atoms with Crippen molar-refractivity contribution in [3.05, 3.63) is 164 Å². The Morgan fingerprint density at radius 1 is 0.396 bits per heavy atom. The highest BCUT2D eigenvalue weighted by molar-refractivity contribution is 6.10. The Morgan fingerprint density at radius 2 is 0.981 bits per heavy atom. The minimum Gasteiger partial charge on any atom is -0.455 e. The third kappa shape index (κ3) is 4.68. The Balaban J connectivity index is 1.15. The van der Waals surface area contributed by atoms with Gasteiger partial charge in [-0.3, -0.25) is 0 Å². The Hall–Kier alpha value is -7.38. The average molecular weight is 682 g/mol. The number of oxazole rings is 1. The maximum atomic E-state index is 6.47. The summed E-state index contributed by atoms with van der Waals surface area (Å²) < 4.78 is 15.2. The Kier molecular flexibility index (Phi) is 6.42. The van der Waals surface area contributed by atoms with E-state index in [0.717, 1.165) is 66.4 Å². The fourth-order valence-corrected chi connectivity index (χ4v) is 7.48. The van der Waals surface area contributed by atoms with Crippen molar-refractivity contribution in [2.45, 2.75) is 0 Å². The molecule has 0 amide bonds. The number of benzene rings is 7. The van der Waals surface area contributed by atoms with Crippen LogP contribution < -0.4 is 0 Å². The van der Waals surface area contributed by atoms with Crippen LogP contribution in [0.2, 0.25) is 0 Å². The van der Waals surface area contributed by atoms with Crippen molar-refractivity contribution >= 4 is 54.8 Å². The van der Waals surface area contributed by atoms with E-state index in [1.165, 1.54) is 10.8 Å². The van der Waals surface area contributed by atoms with Crippen LogP contribution in [0.25, 0.3) is 106 Å². The first-order chi connectivity index (χ1) is 26.3.